The number of methoxy groups -OCH3 is 2. The Kier molecular flexibility index (Phi) is 4.08. The van der Waals surface area contributed by atoms with Crippen LogP contribution in [0.1, 0.15) is 19.4 Å². The lowest BCUT2D eigenvalue weighted by Crippen LogP contribution is -2.09. The Morgan fingerprint density at radius 2 is 1.90 bits per heavy atom. The Hall–Kier alpha value is -2.30. The topological polar surface area (TPSA) is 57.1 Å². The van der Waals surface area contributed by atoms with Crippen LogP contribution in [-0.4, -0.2) is 26.1 Å². The van der Waals surface area contributed by atoms with Gasteiger partial charge in [-0.25, -0.2) is 9.79 Å². The van der Waals surface area contributed by atoms with E-state index in [9.17, 15) is 4.79 Å². The molecule has 0 saturated carbocycles. The summed E-state index contributed by atoms with van der Waals surface area (Å²) in [6.45, 7) is 3.84. The van der Waals surface area contributed by atoms with Gasteiger partial charge in [0.15, 0.2) is 17.2 Å². The summed E-state index contributed by atoms with van der Waals surface area (Å²) < 4.78 is 15.5. The van der Waals surface area contributed by atoms with Gasteiger partial charge < -0.3 is 14.2 Å². The summed E-state index contributed by atoms with van der Waals surface area (Å²) in [5.41, 5.74) is 1.09. The van der Waals surface area contributed by atoms with Gasteiger partial charge >= 0.3 is 5.97 Å². The summed E-state index contributed by atoms with van der Waals surface area (Å²) in [6, 6.07) is 5.38. The highest BCUT2D eigenvalue weighted by Gasteiger charge is 2.24. The molecule has 106 valence electrons. The van der Waals surface area contributed by atoms with Crippen LogP contribution in [0, 0.1) is 5.92 Å². The van der Waals surface area contributed by atoms with Gasteiger partial charge in [0.2, 0.25) is 5.90 Å². The third-order valence-corrected chi connectivity index (χ3v) is 2.84. The molecule has 2 rings (SSSR count). The predicted molar refractivity (Wildman–Crippen MR) is 75.9 cm³/mol. The molecular formula is C15H17NO4. The van der Waals surface area contributed by atoms with Crippen LogP contribution in [0.15, 0.2) is 28.9 Å². The van der Waals surface area contributed by atoms with Gasteiger partial charge in [-0.2, -0.15) is 0 Å². The zero-order valence-corrected chi connectivity index (χ0v) is 12.0. The highest BCUT2D eigenvalue weighted by atomic mass is 16.6. The van der Waals surface area contributed by atoms with Crippen LogP contribution in [0.25, 0.3) is 6.08 Å². The molecular weight excluding hydrogens is 258 g/mol. The molecule has 0 unspecified atom stereocenters. The molecule has 0 saturated heterocycles. The van der Waals surface area contributed by atoms with Crippen molar-refractivity contribution in [2.24, 2.45) is 10.9 Å². The number of esters is 1. The van der Waals surface area contributed by atoms with E-state index >= 15 is 0 Å². The van der Waals surface area contributed by atoms with E-state index in [1.54, 1.807) is 32.4 Å². The average Bonchev–Trinajstić information content (AvgIpc) is 2.80. The molecule has 20 heavy (non-hydrogen) atoms. The number of cyclic esters (lactones) is 1. The van der Waals surface area contributed by atoms with E-state index in [1.165, 1.54) is 0 Å². The van der Waals surface area contributed by atoms with Gasteiger partial charge in [-0.1, -0.05) is 19.9 Å². The van der Waals surface area contributed by atoms with Crippen LogP contribution in [0.4, 0.5) is 0 Å². The van der Waals surface area contributed by atoms with Gasteiger partial charge in [-0.15, -0.1) is 0 Å². The molecule has 0 bridgehead atoms. The largest absolute Gasteiger partial charge is 0.493 e. The van der Waals surface area contributed by atoms with Crippen molar-refractivity contribution >= 4 is 17.9 Å². The van der Waals surface area contributed by atoms with E-state index in [1.807, 2.05) is 19.9 Å². The Morgan fingerprint density at radius 1 is 1.20 bits per heavy atom. The van der Waals surface area contributed by atoms with E-state index in [2.05, 4.69) is 4.99 Å². The van der Waals surface area contributed by atoms with Crippen LogP contribution in [0.3, 0.4) is 0 Å². The zero-order valence-electron chi connectivity index (χ0n) is 12.0. The van der Waals surface area contributed by atoms with E-state index in [0.29, 0.717) is 23.1 Å². The van der Waals surface area contributed by atoms with E-state index in [-0.39, 0.29) is 5.92 Å². The Labute approximate surface area is 117 Å². The summed E-state index contributed by atoms with van der Waals surface area (Å²) in [5.74, 6) is 1.33. The Bertz CT molecular complexity index is 588. The van der Waals surface area contributed by atoms with Crippen molar-refractivity contribution in [2.45, 2.75) is 13.8 Å². The molecule has 5 nitrogen and oxygen atoms in total. The van der Waals surface area contributed by atoms with E-state index < -0.39 is 5.97 Å². The number of nitrogens with zero attached hydrogens (tertiary/aromatic N) is 1. The normalized spacial score (nSPS) is 16.4. The fraction of sp³-hybridized carbons (Fsp3) is 0.333. The van der Waals surface area contributed by atoms with E-state index in [0.717, 1.165) is 5.56 Å². The molecule has 5 heteroatoms. The summed E-state index contributed by atoms with van der Waals surface area (Å²) in [4.78, 5) is 15.9. The van der Waals surface area contributed by atoms with E-state index in [4.69, 9.17) is 14.2 Å². The first-order chi connectivity index (χ1) is 9.55. The molecule has 1 aromatic carbocycles. The molecule has 0 atom stereocenters. The molecule has 1 heterocycles. The van der Waals surface area contributed by atoms with Gasteiger partial charge in [0, 0.05) is 5.92 Å². The SMILES string of the molecule is COc1ccc(/C=C2/N=C(C(C)C)OC2=O)cc1OC. The minimum absolute atomic E-state index is 0.0789. The van der Waals surface area contributed by atoms with Crippen molar-refractivity contribution in [3.63, 3.8) is 0 Å². The number of ether oxygens (including phenoxy) is 3. The third-order valence-electron chi connectivity index (χ3n) is 2.84. The first kappa shape index (κ1) is 14.1. The molecule has 0 N–H and O–H groups in total. The first-order valence-corrected chi connectivity index (χ1v) is 6.29. The van der Waals surface area contributed by atoms with Crippen LogP contribution >= 0.6 is 0 Å². The molecule has 0 radical (unpaired) electrons. The lowest BCUT2D eigenvalue weighted by molar-refractivity contribution is -0.130. The van der Waals surface area contributed by atoms with Crippen molar-refractivity contribution in [2.75, 3.05) is 14.2 Å². The second kappa shape index (κ2) is 5.77. The lowest BCUT2D eigenvalue weighted by atomic mass is 10.1. The minimum Gasteiger partial charge on any atom is -0.493 e. The summed E-state index contributed by atoms with van der Waals surface area (Å²) in [5, 5.41) is 0. The maximum absolute atomic E-state index is 11.7. The number of carbonyl (C=O) groups excluding carboxylic acids is 1. The Morgan fingerprint density at radius 3 is 2.45 bits per heavy atom. The van der Waals surface area contributed by atoms with Gasteiger partial charge in [0.05, 0.1) is 14.2 Å². The number of carbonyl (C=O) groups is 1. The van der Waals surface area contributed by atoms with Gasteiger partial charge in [0.25, 0.3) is 0 Å². The maximum atomic E-state index is 11.7. The van der Waals surface area contributed by atoms with Crippen molar-refractivity contribution in [3.05, 3.63) is 29.5 Å². The summed E-state index contributed by atoms with van der Waals surface area (Å²) in [7, 11) is 3.14. The lowest BCUT2D eigenvalue weighted by Gasteiger charge is -2.07. The van der Waals surface area contributed by atoms with Crippen LogP contribution in [0.5, 0.6) is 11.5 Å². The second-order valence-electron chi connectivity index (χ2n) is 4.64. The fourth-order valence-corrected chi connectivity index (χ4v) is 1.77. The van der Waals surface area contributed by atoms with Gasteiger partial charge in [0.1, 0.15) is 0 Å². The van der Waals surface area contributed by atoms with Crippen molar-refractivity contribution in [3.8, 4) is 11.5 Å². The molecule has 1 aromatic rings. The summed E-state index contributed by atoms with van der Waals surface area (Å²) in [6.07, 6.45) is 1.67. The molecule has 0 fully saturated rings. The second-order valence-corrected chi connectivity index (χ2v) is 4.64. The van der Waals surface area contributed by atoms with Crippen LogP contribution in [-0.2, 0) is 9.53 Å². The first-order valence-electron chi connectivity index (χ1n) is 6.29. The molecule has 1 aliphatic rings. The number of hydrogen-bond donors (Lipinski definition) is 0. The number of benzene rings is 1. The van der Waals surface area contributed by atoms with Crippen molar-refractivity contribution in [1.29, 1.82) is 0 Å². The quantitative estimate of drug-likeness (QED) is 0.626. The molecule has 0 spiro atoms. The van der Waals surface area contributed by atoms with Gasteiger partial charge in [-0.3, -0.25) is 0 Å². The number of hydrogen-bond acceptors (Lipinski definition) is 5. The maximum Gasteiger partial charge on any atom is 0.363 e. The highest BCUT2D eigenvalue weighted by Crippen LogP contribution is 2.29. The molecule has 1 aliphatic heterocycles. The Balaban J connectivity index is 2.33. The monoisotopic (exact) mass is 275 g/mol. The molecule has 0 amide bonds. The molecule has 0 aliphatic carbocycles. The van der Waals surface area contributed by atoms with Crippen LogP contribution in [0.2, 0.25) is 0 Å². The highest BCUT2D eigenvalue weighted by molar-refractivity contribution is 6.07. The smallest absolute Gasteiger partial charge is 0.363 e. The number of aliphatic imine (C=N–C) groups is 1. The molecule has 0 aromatic heterocycles. The average molecular weight is 275 g/mol. The predicted octanol–water partition coefficient (Wildman–Crippen LogP) is 2.66. The van der Waals surface area contributed by atoms with Crippen molar-refractivity contribution < 1.29 is 19.0 Å². The standard InChI is InChI=1S/C15H17NO4/c1-9(2)14-16-11(15(17)20-14)7-10-5-6-12(18-3)13(8-10)19-4/h5-9H,1-4H3/b11-7+. The van der Waals surface area contributed by atoms with Gasteiger partial charge in [-0.05, 0) is 23.8 Å². The fourth-order valence-electron chi connectivity index (χ4n) is 1.77. The summed E-state index contributed by atoms with van der Waals surface area (Å²) >= 11 is 0. The minimum atomic E-state index is -0.427. The van der Waals surface area contributed by atoms with Crippen molar-refractivity contribution in [1.82, 2.24) is 0 Å². The zero-order chi connectivity index (χ0) is 14.7. The number of rotatable bonds is 4. The third kappa shape index (κ3) is 2.82. The van der Waals surface area contributed by atoms with Crippen LogP contribution < -0.4 is 9.47 Å².